The van der Waals surface area contributed by atoms with Crippen molar-refractivity contribution < 1.29 is 14.5 Å². The molecule has 2 amide bonds. The van der Waals surface area contributed by atoms with Gasteiger partial charge in [0, 0.05) is 17.7 Å². The van der Waals surface area contributed by atoms with E-state index in [2.05, 4.69) is 12.2 Å². The molecule has 8 heteroatoms. The van der Waals surface area contributed by atoms with Gasteiger partial charge in [0.05, 0.1) is 15.6 Å². The molecule has 4 aliphatic rings. The zero-order valence-electron chi connectivity index (χ0n) is 16.6. The Balaban J connectivity index is 1.38. The van der Waals surface area contributed by atoms with Gasteiger partial charge < -0.3 is 11.1 Å². The van der Waals surface area contributed by atoms with Crippen LogP contribution in [0.5, 0.6) is 0 Å². The summed E-state index contributed by atoms with van der Waals surface area (Å²) in [4.78, 5) is 35.0. The average Bonchev–Trinajstić information content (AvgIpc) is 2.65. The van der Waals surface area contributed by atoms with Crippen LogP contribution in [-0.4, -0.2) is 28.5 Å². The lowest BCUT2D eigenvalue weighted by Gasteiger charge is -2.59. The van der Waals surface area contributed by atoms with Gasteiger partial charge in [-0.3, -0.25) is 19.7 Å². The van der Waals surface area contributed by atoms with E-state index >= 15 is 0 Å². The fourth-order valence-electron chi connectivity index (χ4n) is 6.22. The number of rotatable bonds is 7. The Morgan fingerprint density at radius 3 is 2.34 bits per heavy atom. The second-order valence-corrected chi connectivity index (χ2v) is 10.2. The lowest BCUT2D eigenvalue weighted by molar-refractivity contribution is -0.387. The van der Waals surface area contributed by atoms with Gasteiger partial charge in [0.2, 0.25) is 11.8 Å². The van der Waals surface area contributed by atoms with E-state index in [4.69, 9.17) is 5.73 Å². The molecule has 0 aromatic heterocycles. The van der Waals surface area contributed by atoms with E-state index in [-0.39, 0.29) is 34.4 Å². The Morgan fingerprint density at radius 1 is 1.24 bits per heavy atom. The largest absolute Gasteiger partial charge is 0.366 e. The summed E-state index contributed by atoms with van der Waals surface area (Å²) < 4.78 is 0. The smallest absolute Gasteiger partial charge is 0.283 e. The molecule has 4 fully saturated rings. The van der Waals surface area contributed by atoms with Crippen LogP contribution in [0.25, 0.3) is 0 Å². The quantitative estimate of drug-likeness (QED) is 0.400. The maximum atomic E-state index is 12.6. The minimum Gasteiger partial charge on any atom is -0.366 e. The average molecular weight is 418 g/mol. The molecule has 0 spiro atoms. The molecule has 0 heterocycles. The zero-order valence-corrected chi connectivity index (χ0v) is 17.4. The monoisotopic (exact) mass is 417 g/mol. The fourth-order valence-corrected chi connectivity index (χ4v) is 7.04. The summed E-state index contributed by atoms with van der Waals surface area (Å²) in [5.74, 6) is 1.75. The summed E-state index contributed by atoms with van der Waals surface area (Å²) >= 11 is 1.12. The predicted octanol–water partition coefficient (Wildman–Crippen LogP) is 3.51. The molecule has 1 aromatic carbocycles. The summed E-state index contributed by atoms with van der Waals surface area (Å²) in [5, 5.41) is 14.5. The first-order valence-electron chi connectivity index (χ1n) is 10.3. The minimum absolute atomic E-state index is 0.0842. The second kappa shape index (κ2) is 7.63. The molecule has 29 heavy (non-hydrogen) atoms. The highest BCUT2D eigenvalue weighted by Crippen LogP contribution is 2.61. The lowest BCUT2D eigenvalue weighted by Crippen LogP contribution is -2.56. The number of thioether (sulfide) groups is 1. The molecule has 156 valence electrons. The van der Waals surface area contributed by atoms with Gasteiger partial charge in [-0.2, -0.15) is 0 Å². The number of carbonyl (C=O) groups is 2. The molecule has 1 atom stereocenters. The Hall–Kier alpha value is -2.09. The highest BCUT2D eigenvalue weighted by atomic mass is 32.2. The number of benzene rings is 1. The Bertz CT molecular complexity index is 821. The van der Waals surface area contributed by atoms with Crippen LogP contribution in [-0.2, 0) is 4.79 Å². The molecule has 4 bridgehead atoms. The van der Waals surface area contributed by atoms with Gasteiger partial charge >= 0.3 is 0 Å². The van der Waals surface area contributed by atoms with Gasteiger partial charge in [-0.25, -0.2) is 0 Å². The minimum atomic E-state index is -0.716. The molecular formula is C21H27N3O4S. The van der Waals surface area contributed by atoms with E-state index < -0.39 is 10.8 Å². The normalized spacial score (nSPS) is 30.7. The molecule has 1 aromatic rings. The molecule has 1 unspecified atom stereocenters. The molecule has 4 aliphatic carbocycles. The number of nitro groups is 1. The second-order valence-electron chi connectivity index (χ2n) is 9.16. The van der Waals surface area contributed by atoms with Gasteiger partial charge in [0.25, 0.3) is 5.69 Å². The molecule has 0 aliphatic heterocycles. The van der Waals surface area contributed by atoms with Crippen molar-refractivity contribution in [1.82, 2.24) is 5.32 Å². The van der Waals surface area contributed by atoms with Crippen LogP contribution in [0.3, 0.4) is 0 Å². The first-order valence-corrected chi connectivity index (χ1v) is 11.2. The van der Waals surface area contributed by atoms with Crippen molar-refractivity contribution in [2.45, 2.75) is 56.4 Å². The zero-order chi connectivity index (χ0) is 20.8. The summed E-state index contributed by atoms with van der Waals surface area (Å²) in [7, 11) is 0. The highest BCUT2D eigenvalue weighted by molar-refractivity contribution is 8.00. The lowest BCUT2D eigenvalue weighted by atomic mass is 9.48. The third-order valence-corrected chi connectivity index (χ3v) is 8.24. The third kappa shape index (κ3) is 3.99. The van der Waals surface area contributed by atoms with Gasteiger partial charge in [0.15, 0.2) is 0 Å². The van der Waals surface area contributed by atoms with E-state index in [1.54, 1.807) is 0 Å². The van der Waals surface area contributed by atoms with Crippen molar-refractivity contribution in [3.05, 3.63) is 33.9 Å². The van der Waals surface area contributed by atoms with Crippen LogP contribution in [0.4, 0.5) is 5.69 Å². The number of hydrogen-bond acceptors (Lipinski definition) is 5. The van der Waals surface area contributed by atoms with E-state index in [1.165, 1.54) is 56.7 Å². The van der Waals surface area contributed by atoms with E-state index in [0.717, 1.165) is 29.5 Å². The predicted molar refractivity (Wildman–Crippen MR) is 111 cm³/mol. The van der Waals surface area contributed by atoms with Crippen molar-refractivity contribution in [1.29, 1.82) is 0 Å². The number of hydrogen-bond donors (Lipinski definition) is 2. The summed E-state index contributed by atoms with van der Waals surface area (Å²) in [6.45, 7) is 2.12. The fraction of sp³-hybridized carbons (Fsp3) is 0.619. The summed E-state index contributed by atoms with van der Waals surface area (Å²) in [5.41, 5.74) is 5.31. The molecule has 3 N–H and O–H groups in total. The molecule has 7 nitrogen and oxygen atoms in total. The van der Waals surface area contributed by atoms with Crippen LogP contribution in [0.1, 0.15) is 55.8 Å². The number of carbonyl (C=O) groups excluding carboxylic acids is 2. The van der Waals surface area contributed by atoms with Crippen molar-refractivity contribution in [3.63, 3.8) is 0 Å². The SMILES string of the molecule is CC(NC(=O)CSc1ccc(C(N)=O)cc1[N+](=O)[O-])C12CC3CC(CC(C3)C1)C2. The Labute approximate surface area is 174 Å². The molecule has 0 radical (unpaired) electrons. The van der Waals surface area contributed by atoms with Crippen molar-refractivity contribution in [2.24, 2.45) is 28.9 Å². The summed E-state index contributed by atoms with van der Waals surface area (Å²) in [6, 6.07) is 4.23. The number of nitrogens with zero attached hydrogens (tertiary/aromatic N) is 1. The molecule has 5 rings (SSSR count). The molecule has 4 saturated carbocycles. The molecule has 0 saturated heterocycles. The first kappa shape index (κ1) is 20.2. The van der Waals surface area contributed by atoms with E-state index in [0.29, 0.717) is 4.90 Å². The standard InChI is InChI=1S/C21H27N3O4S/c1-12(21-8-13-4-14(9-21)6-15(5-13)10-21)23-19(25)11-29-18-3-2-16(20(22)26)7-17(18)24(27)28/h2-3,7,12-15H,4-6,8-11H2,1H3,(H2,22,26)(H,23,25). The Morgan fingerprint density at radius 2 is 1.83 bits per heavy atom. The van der Waals surface area contributed by atoms with Crippen LogP contribution in [0.2, 0.25) is 0 Å². The molecular weight excluding hydrogens is 390 g/mol. The number of amides is 2. The number of primary amides is 1. The van der Waals surface area contributed by atoms with Gasteiger partial charge in [0.1, 0.15) is 0 Å². The van der Waals surface area contributed by atoms with Crippen molar-refractivity contribution in [2.75, 3.05) is 5.75 Å². The Kier molecular flexibility index (Phi) is 5.31. The van der Waals surface area contributed by atoms with Crippen molar-refractivity contribution in [3.8, 4) is 0 Å². The van der Waals surface area contributed by atoms with Crippen LogP contribution < -0.4 is 11.1 Å². The van der Waals surface area contributed by atoms with Crippen LogP contribution >= 0.6 is 11.8 Å². The maximum Gasteiger partial charge on any atom is 0.283 e. The highest BCUT2D eigenvalue weighted by Gasteiger charge is 2.53. The van der Waals surface area contributed by atoms with Crippen LogP contribution in [0.15, 0.2) is 23.1 Å². The number of nitrogens with two attached hydrogens (primary N) is 1. The number of nitrogens with one attached hydrogen (secondary N) is 1. The van der Waals surface area contributed by atoms with Gasteiger partial charge in [-0.05, 0) is 80.8 Å². The van der Waals surface area contributed by atoms with Gasteiger partial charge in [-0.15, -0.1) is 11.8 Å². The first-order chi connectivity index (χ1) is 13.8. The third-order valence-electron chi connectivity index (χ3n) is 7.18. The van der Waals surface area contributed by atoms with Crippen LogP contribution in [0, 0.1) is 33.3 Å². The number of nitro benzene ring substituents is 1. The maximum absolute atomic E-state index is 12.6. The van der Waals surface area contributed by atoms with Crippen molar-refractivity contribution >= 4 is 29.3 Å². The summed E-state index contributed by atoms with van der Waals surface area (Å²) in [6.07, 6.45) is 7.73. The van der Waals surface area contributed by atoms with E-state index in [9.17, 15) is 19.7 Å². The van der Waals surface area contributed by atoms with E-state index in [1.807, 2.05) is 0 Å². The topological polar surface area (TPSA) is 115 Å². The van der Waals surface area contributed by atoms with Gasteiger partial charge in [-0.1, -0.05) is 0 Å².